The van der Waals surface area contributed by atoms with Crippen LogP contribution in [0.15, 0.2) is 0 Å². The summed E-state index contributed by atoms with van der Waals surface area (Å²) in [6.07, 6.45) is 5.12. The number of hydrogen-bond donors (Lipinski definition) is 2. The maximum atomic E-state index is 6.00. The predicted octanol–water partition coefficient (Wildman–Crippen LogP) is 1.56. The fraction of sp³-hybridized carbons (Fsp3) is 0.800. The fourth-order valence-electron chi connectivity index (χ4n) is 1.71. The summed E-state index contributed by atoms with van der Waals surface area (Å²) in [6, 6.07) is 0.290. The smallest absolute Gasteiger partial charge is 0.202 e. The van der Waals surface area contributed by atoms with E-state index < -0.39 is 0 Å². The molecule has 1 unspecified atom stereocenters. The molecule has 0 amide bonds. The Bertz CT molecular complexity index is 343. The first-order chi connectivity index (χ1) is 7.33. The molecule has 0 aliphatic heterocycles. The number of nitrogens with two attached hydrogens (primary N) is 1. The summed E-state index contributed by atoms with van der Waals surface area (Å²) in [7, 11) is 0. The fourth-order valence-corrected chi connectivity index (χ4v) is 2.36. The number of aromatic nitrogens is 2. The van der Waals surface area contributed by atoms with Gasteiger partial charge in [-0.05, 0) is 31.6 Å². The van der Waals surface area contributed by atoms with Gasteiger partial charge in [-0.1, -0.05) is 0 Å². The molecule has 5 heteroatoms. The zero-order valence-corrected chi connectivity index (χ0v) is 9.46. The zero-order valence-electron chi connectivity index (χ0n) is 8.65. The Kier molecular flexibility index (Phi) is 2.36. The molecular weight excluding hydrogens is 208 g/mol. The van der Waals surface area contributed by atoms with Gasteiger partial charge in [0.25, 0.3) is 0 Å². The van der Waals surface area contributed by atoms with E-state index in [0.717, 1.165) is 23.4 Å². The molecule has 0 aromatic carbocycles. The molecular formula is C10H16N4S. The molecule has 1 aromatic heterocycles. The second kappa shape index (κ2) is 3.72. The van der Waals surface area contributed by atoms with Crippen LogP contribution in [0, 0.1) is 5.92 Å². The summed E-state index contributed by atoms with van der Waals surface area (Å²) in [4.78, 5) is 4.46. The van der Waals surface area contributed by atoms with E-state index in [1.54, 1.807) is 0 Å². The SMILES string of the molecule is NC(CNc1nc(C2CC2)ns1)C1CC1. The number of hydrogen-bond acceptors (Lipinski definition) is 5. The lowest BCUT2D eigenvalue weighted by molar-refractivity contribution is 0.620. The van der Waals surface area contributed by atoms with Gasteiger partial charge in [-0.15, -0.1) is 0 Å². The standard InChI is InChI=1S/C10H16N4S/c11-8(6-1-2-6)5-12-10-13-9(14-15-10)7-3-4-7/h6-8H,1-5,11H2,(H,12,13,14). The highest BCUT2D eigenvalue weighted by atomic mass is 32.1. The van der Waals surface area contributed by atoms with Crippen molar-refractivity contribution < 1.29 is 0 Å². The highest BCUT2D eigenvalue weighted by Crippen LogP contribution is 2.39. The summed E-state index contributed by atoms with van der Waals surface area (Å²) in [5, 5.41) is 4.23. The molecule has 2 saturated carbocycles. The van der Waals surface area contributed by atoms with Gasteiger partial charge in [-0.2, -0.15) is 4.37 Å². The van der Waals surface area contributed by atoms with Gasteiger partial charge in [0.05, 0.1) is 0 Å². The van der Waals surface area contributed by atoms with E-state index in [9.17, 15) is 0 Å². The van der Waals surface area contributed by atoms with Crippen LogP contribution in [0.3, 0.4) is 0 Å². The van der Waals surface area contributed by atoms with Gasteiger partial charge in [0, 0.05) is 30.0 Å². The summed E-state index contributed by atoms with van der Waals surface area (Å²) >= 11 is 1.46. The molecule has 2 fully saturated rings. The maximum absolute atomic E-state index is 6.00. The molecule has 4 nitrogen and oxygen atoms in total. The molecule has 15 heavy (non-hydrogen) atoms. The van der Waals surface area contributed by atoms with Crippen molar-refractivity contribution in [2.45, 2.75) is 37.6 Å². The van der Waals surface area contributed by atoms with Crippen molar-refractivity contribution in [1.29, 1.82) is 0 Å². The third kappa shape index (κ3) is 2.29. The first-order valence-corrected chi connectivity index (χ1v) is 6.43. The summed E-state index contributed by atoms with van der Waals surface area (Å²) in [5.41, 5.74) is 6.00. The Morgan fingerprint density at radius 2 is 2.20 bits per heavy atom. The minimum atomic E-state index is 0.290. The van der Waals surface area contributed by atoms with E-state index in [-0.39, 0.29) is 0 Å². The Morgan fingerprint density at radius 3 is 2.87 bits per heavy atom. The van der Waals surface area contributed by atoms with Crippen LogP contribution in [-0.2, 0) is 0 Å². The van der Waals surface area contributed by atoms with Crippen LogP contribution >= 0.6 is 11.5 Å². The Morgan fingerprint density at radius 1 is 1.40 bits per heavy atom. The highest BCUT2D eigenvalue weighted by molar-refractivity contribution is 7.09. The lowest BCUT2D eigenvalue weighted by atomic mass is 10.2. The van der Waals surface area contributed by atoms with Crippen molar-refractivity contribution in [2.24, 2.45) is 11.7 Å². The van der Waals surface area contributed by atoms with Crippen molar-refractivity contribution in [3.63, 3.8) is 0 Å². The molecule has 0 saturated heterocycles. The second-order valence-electron chi connectivity index (χ2n) is 4.61. The molecule has 1 heterocycles. The van der Waals surface area contributed by atoms with E-state index >= 15 is 0 Å². The molecule has 0 spiro atoms. The van der Waals surface area contributed by atoms with E-state index in [2.05, 4.69) is 14.7 Å². The van der Waals surface area contributed by atoms with Crippen molar-refractivity contribution >= 4 is 16.7 Å². The van der Waals surface area contributed by atoms with Crippen LogP contribution in [0.4, 0.5) is 5.13 Å². The third-order valence-electron chi connectivity index (χ3n) is 3.10. The monoisotopic (exact) mass is 224 g/mol. The van der Waals surface area contributed by atoms with Crippen molar-refractivity contribution in [1.82, 2.24) is 9.36 Å². The van der Waals surface area contributed by atoms with E-state index in [1.807, 2.05) is 0 Å². The van der Waals surface area contributed by atoms with Crippen LogP contribution in [0.25, 0.3) is 0 Å². The lowest BCUT2D eigenvalue weighted by Gasteiger charge is -2.09. The van der Waals surface area contributed by atoms with Gasteiger partial charge in [0.15, 0.2) is 0 Å². The third-order valence-corrected chi connectivity index (χ3v) is 3.79. The second-order valence-corrected chi connectivity index (χ2v) is 5.37. The molecule has 1 atom stereocenters. The first kappa shape index (κ1) is 9.54. The van der Waals surface area contributed by atoms with E-state index in [0.29, 0.717) is 12.0 Å². The number of anilines is 1. The van der Waals surface area contributed by atoms with Gasteiger partial charge >= 0.3 is 0 Å². The van der Waals surface area contributed by atoms with Gasteiger partial charge in [0.2, 0.25) is 5.13 Å². The van der Waals surface area contributed by atoms with Crippen LogP contribution in [0.2, 0.25) is 0 Å². The number of nitrogens with one attached hydrogen (secondary N) is 1. The molecule has 3 N–H and O–H groups in total. The molecule has 0 bridgehead atoms. The largest absolute Gasteiger partial charge is 0.359 e. The van der Waals surface area contributed by atoms with Gasteiger partial charge in [-0.25, -0.2) is 4.98 Å². The minimum absolute atomic E-state index is 0.290. The van der Waals surface area contributed by atoms with Crippen LogP contribution in [-0.4, -0.2) is 21.9 Å². The summed E-state index contributed by atoms with van der Waals surface area (Å²) < 4.78 is 4.34. The Labute approximate surface area is 93.4 Å². The highest BCUT2D eigenvalue weighted by Gasteiger charge is 2.29. The lowest BCUT2D eigenvalue weighted by Crippen LogP contribution is -2.30. The van der Waals surface area contributed by atoms with Crippen LogP contribution in [0.5, 0.6) is 0 Å². The number of rotatable bonds is 5. The molecule has 3 rings (SSSR count). The summed E-state index contributed by atoms with van der Waals surface area (Å²) in [5.74, 6) is 2.42. The maximum Gasteiger partial charge on any atom is 0.202 e. The van der Waals surface area contributed by atoms with Crippen molar-refractivity contribution in [3.8, 4) is 0 Å². The zero-order chi connectivity index (χ0) is 10.3. The Balaban J connectivity index is 1.52. The van der Waals surface area contributed by atoms with Gasteiger partial charge in [0.1, 0.15) is 5.82 Å². The summed E-state index contributed by atoms with van der Waals surface area (Å²) in [6.45, 7) is 0.837. The topological polar surface area (TPSA) is 63.8 Å². The molecule has 1 aromatic rings. The molecule has 2 aliphatic carbocycles. The van der Waals surface area contributed by atoms with Gasteiger partial charge in [-0.3, -0.25) is 0 Å². The average Bonchev–Trinajstić information content (AvgIpc) is 3.12. The first-order valence-electron chi connectivity index (χ1n) is 5.66. The molecule has 0 radical (unpaired) electrons. The number of nitrogens with zero attached hydrogens (tertiary/aromatic N) is 2. The van der Waals surface area contributed by atoms with Crippen molar-refractivity contribution in [2.75, 3.05) is 11.9 Å². The van der Waals surface area contributed by atoms with Gasteiger partial charge < -0.3 is 11.1 Å². The average molecular weight is 224 g/mol. The Hall–Kier alpha value is -0.680. The molecule has 2 aliphatic rings. The van der Waals surface area contributed by atoms with Crippen molar-refractivity contribution in [3.05, 3.63) is 5.82 Å². The molecule has 82 valence electrons. The van der Waals surface area contributed by atoms with Crippen LogP contribution in [0.1, 0.15) is 37.4 Å². The normalized spacial score (nSPS) is 22.7. The predicted molar refractivity (Wildman–Crippen MR) is 61.1 cm³/mol. The van der Waals surface area contributed by atoms with Crippen LogP contribution < -0.4 is 11.1 Å². The quantitative estimate of drug-likeness (QED) is 0.796. The minimum Gasteiger partial charge on any atom is -0.359 e. The van der Waals surface area contributed by atoms with E-state index in [1.165, 1.54) is 37.2 Å². The van der Waals surface area contributed by atoms with E-state index in [4.69, 9.17) is 5.73 Å².